The second kappa shape index (κ2) is 8.92. The highest BCUT2D eigenvalue weighted by molar-refractivity contribution is 6.08. The van der Waals surface area contributed by atoms with Gasteiger partial charge >= 0.3 is 5.97 Å². The maximum atomic E-state index is 13.2. The molecule has 1 atom stereocenters. The summed E-state index contributed by atoms with van der Waals surface area (Å²) >= 11 is 0. The van der Waals surface area contributed by atoms with Crippen LogP contribution in [0.4, 0.5) is 11.4 Å². The van der Waals surface area contributed by atoms with Gasteiger partial charge in [0.25, 0.3) is 11.6 Å². The number of rotatable bonds is 5. The van der Waals surface area contributed by atoms with E-state index in [1.165, 1.54) is 18.2 Å². The summed E-state index contributed by atoms with van der Waals surface area (Å²) in [5.74, 6) is -2.39. The van der Waals surface area contributed by atoms with Crippen molar-refractivity contribution in [3.8, 4) is 6.07 Å². The van der Waals surface area contributed by atoms with Crippen LogP contribution in [0.3, 0.4) is 0 Å². The molecule has 1 aliphatic rings. The van der Waals surface area contributed by atoms with Crippen LogP contribution in [-0.4, -0.2) is 23.9 Å². The summed E-state index contributed by atoms with van der Waals surface area (Å²) in [7, 11) is 1.16. The first-order chi connectivity index (χ1) is 14.9. The molecule has 0 aliphatic carbocycles. The molecule has 0 spiro atoms. The molecule has 31 heavy (non-hydrogen) atoms. The van der Waals surface area contributed by atoms with Gasteiger partial charge in [-0.1, -0.05) is 30.3 Å². The minimum Gasteiger partial charge on any atom is -0.466 e. The predicted molar refractivity (Wildman–Crippen MR) is 111 cm³/mol. The molecule has 0 aromatic heterocycles. The van der Waals surface area contributed by atoms with Crippen LogP contribution in [0.15, 0.2) is 77.1 Å². The highest BCUT2D eigenvalue weighted by Crippen LogP contribution is 2.40. The molecule has 0 saturated heterocycles. The number of hydrogen-bond donors (Lipinski definition) is 2. The van der Waals surface area contributed by atoms with Crippen LogP contribution in [0.2, 0.25) is 0 Å². The second-order valence-corrected chi connectivity index (χ2v) is 6.66. The zero-order valence-corrected chi connectivity index (χ0v) is 16.7. The van der Waals surface area contributed by atoms with Crippen molar-refractivity contribution in [2.24, 2.45) is 0 Å². The standard InChI is InChI=1S/C22H18N4O5/c1-13-18(21(27)25-15-8-4-3-5-9-15)19(14-7-6-10-16(11-14)26(29)30)20(22(28)31-2)17(12-23)24-13/h3-11,19,24H,1-2H3,(H,25,27). The van der Waals surface area contributed by atoms with Crippen LogP contribution in [0.25, 0.3) is 0 Å². The average molecular weight is 418 g/mol. The van der Waals surface area contributed by atoms with Crippen LogP contribution >= 0.6 is 0 Å². The summed E-state index contributed by atoms with van der Waals surface area (Å²) < 4.78 is 4.86. The predicted octanol–water partition coefficient (Wildman–Crippen LogP) is 3.14. The van der Waals surface area contributed by atoms with Gasteiger partial charge in [-0.05, 0) is 24.6 Å². The van der Waals surface area contributed by atoms with E-state index >= 15 is 0 Å². The van der Waals surface area contributed by atoms with Gasteiger partial charge in [0.2, 0.25) is 0 Å². The average Bonchev–Trinajstić information content (AvgIpc) is 2.78. The molecule has 3 rings (SSSR count). The summed E-state index contributed by atoms with van der Waals surface area (Å²) in [6.45, 7) is 1.59. The van der Waals surface area contributed by atoms with E-state index in [0.717, 1.165) is 7.11 Å². The molecule has 1 amide bonds. The molecule has 2 aromatic rings. The SMILES string of the molecule is COC(=O)C1=C(C#N)NC(C)=C(C(=O)Nc2ccccc2)C1c1cccc([N+](=O)[O-])c1. The van der Waals surface area contributed by atoms with Crippen molar-refractivity contribution in [1.29, 1.82) is 5.26 Å². The monoisotopic (exact) mass is 418 g/mol. The summed E-state index contributed by atoms with van der Waals surface area (Å²) in [5, 5.41) is 26.4. The fraction of sp³-hybridized carbons (Fsp3) is 0.136. The third kappa shape index (κ3) is 4.28. The Balaban J connectivity index is 2.18. The lowest BCUT2D eigenvalue weighted by Crippen LogP contribution is -2.34. The maximum Gasteiger partial charge on any atom is 0.337 e. The number of esters is 1. The Morgan fingerprint density at radius 2 is 1.87 bits per heavy atom. The molecule has 1 aliphatic heterocycles. The van der Waals surface area contributed by atoms with E-state index in [1.807, 2.05) is 6.07 Å². The van der Waals surface area contributed by atoms with Crippen molar-refractivity contribution in [3.63, 3.8) is 0 Å². The van der Waals surface area contributed by atoms with E-state index < -0.39 is 22.7 Å². The highest BCUT2D eigenvalue weighted by atomic mass is 16.6. The topological polar surface area (TPSA) is 134 Å². The number of nitro benzene ring substituents is 1. The lowest BCUT2D eigenvalue weighted by molar-refractivity contribution is -0.384. The molecule has 2 aromatic carbocycles. The summed E-state index contributed by atoms with van der Waals surface area (Å²) in [6, 6.07) is 16.2. The molecule has 2 N–H and O–H groups in total. The number of hydrogen-bond acceptors (Lipinski definition) is 7. The Labute approximate surface area is 177 Å². The number of dihydropyridines is 1. The van der Waals surface area contributed by atoms with Crippen molar-refractivity contribution in [1.82, 2.24) is 5.32 Å². The molecule has 9 heteroatoms. The number of nitriles is 1. The molecule has 0 radical (unpaired) electrons. The first-order valence-corrected chi connectivity index (χ1v) is 9.18. The van der Waals surface area contributed by atoms with Gasteiger partial charge in [-0.15, -0.1) is 0 Å². The Hall–Kier alpha value is -4.45. The normalized spacial score (nSPS) is 15.6. The number of para-hydroxylation sites is 1. The lowest BCUT2D eigenvalue weighted by atomic mass is 9.79. The Morgan fingerprint density at radius 1 is 1.16 bits per heavy atom. The van der Waals surface area contributed by atoms with E-state index in [1.54, 1.807) is 43.3 Å². The van der Waals surface area contributed by atoms with Crippen LogP contribution in [0.5, 0.6) is 0 Å². The third-order valence-electron chi connectivity index (χ3n) is 4.77. The zero-order chi connectivity index (χ0) is 22.5. The highest BCUT2D eigenvalue weighted by Gasteiger charge is 2.38. The smallest absolute Gasteiger partial charge is 0.337 e. The van der Waals surface area contributed by atoms with E-state index in [0.29, 0.717) is 16.9 Å². The molecular formula is C22H18N4O5. The zero-order valence-electron chi connectivity index (χ0n) is 16.7. The third-order valence-corrected chi connectivity index (χ3v) is 4.77. The van der Waals surface area contributed by atoms with Crippen molar-refractivity contribution in [2.75, 3.05) is 12.4 Å². The van der Waals surface area contributed by atoms with Gasteiger partial charge in [0.15, 0.2) is 0 Å². The number of nitrogens with one attached hydrogen (secondary N) is 2. The van der Waals surface area contributed by atoms with Gasteiger partial charge in [-0.3, -0.25) is 14.9 Å². The Kier molecular flexibility index (Phi) is 6.12. The number of ether oxygens (including phenoxy) is 1. The number of allylic oxidation sites excluding steroid dienone is 2. The van der Waals surface area contributed by atoms with E-state index in [2.05, 4.69) is 10.6 Å². The first-order valence-electron chi connectivity index (χ1n) is 9.18. The van der Waals surface area contributed by atoms with Crippen molar-refractivity contribution in [2.45, 2.75) is 12.8 Å². The number of carbonyl (C=O) groups excluding carboxylic acids is 2. The number of anilines is 1. The molecule has 1 heterocycles. The quantitative estimate of drug-likeness (QED) is 0.433. The van der Waals surface area contributed by atoms with E-state index in [-0.39, 0.29) is 22.5 Å². The van der Waals surface area contributed by atoms with Crippen molar-refractivity contribution >= 4 is 23.3 Å². The van der Waals surface area contributed by atoms with Crippen molar-refractivity contribution in [3.05, 3.63) is 92.8 Å². The maximum absolute atomic E-state index is 13.2. The molecule has 0 saturated carbocycles. The minimum atomic E-state index is -1.05. The van der Waals surface area contributed by atoms with Gasteiger partial charge in [-0.25, -0.2) is 4.79 Å². The van der Waals surface area contributed by atoms with Gasteiger partial charge in [0.05, 0.1) is 23.5 Å². The molecular weight excluding hydrogens is 400 g/mol. The summed E-state index contributed by atoms with van der Waals surface area (Å²) in [4.78, 5) is 36.6. The van der Waals surface area contributed by atoms with Gasteiger partial charge in [0.1, 0.15) is 11.8 Å². The Bertz CT molecular complexity index is 1160. The fourth-order valence-electron chi connectivity index (χ4n) is 3.42. The lowest BCUT2D eigenvalue weighted by Gasteiger charge is -2.29. The van der Waals surface area contributed by atoms with Gasteiger partial charge in [0, 0.05) is 29.1 Å². The largest absolute Gasteiger partial charge is 0.466 e. The van der Waals surface area contributed by atoms with E-state index in [9.17, 15) is 25.0 Å². The molecule has 1 unspecified atom stereocenters. The van der Waals surface area contributed by atoms with Crippen LogP contribution < -0.4 is 10.6 Å². The Morgan fingerprint density at radius 3 is 2.48 bits per heavy atom. The first kappa shape index (κ1) is 21.3. The van der Waals surface area contributed by atoms with Gasteiger partial charge < -0.3 is 15.4 Å². The summed E-state index contributed by atoms with van der Waals surface area (Å²) in [5.41, 5.74) is 0.922. The molecule has 0 fully saturated rings. The summed E-state index contributed by atoms with van der Waals surface area (Å²) in [6.07, 6.45) is 0. The van der Waals surface area contributed by atoms with Gasteiger partial charge in [-0.2, -0.15) is 5.26 Å². The number of methoxy groups -OCH3 is 1. The number of amides is 1. The van der Waals surface area contributed by atoms with Crippen molar-refractivity contribution < 1.29 is 19.2 Å². The second-order valence-electron chi connectivity index (χ2n) is 6.66. The van der Waals surface area contributed by atoms with Crippen LogP contribution in [0.1, 0.15) is 18.4 Å². The number of nitrogens with zero attached hydrogens (tertiary/aromatic N) is 2. The number of non-ortho nitro benzene ring substituents is 1. The molecule has 156 valence electrons. The fourth-order valence-corrected chi connectivity index (χ4v) is 3.42. The minimum absolute atomic E-state index is 0.0860. The number of benzene rings is 2. The van der Waals surface area contributed by atoms with Crippen LogP contribution in [0, 0.1) is 21.4 Å². The van der Waals surface area contributed by atoms with E-state index in [4.69, 9.17) is 4.74 Å². The molecule has 0 bridgehead atoms. The number of nitro groups is 1. The number of carbonyl (C=O) groups is 2. The molecule has 9 nitrogen and oxygen atoms in total. The van der Waals surface area contributed by atoms with Crippen LogP contribution in [-0.2, 0) is 14.3 Å².